The van der Waals surface area contributed by atoms with Gasteiger partial charge in [-0.3, -0.25) is 18.1 Å². The van der Waals surface area contributed by atoms with Gasteiger partial charge in [0.25, 0.3) is 0 Å². The van der Waals surface area contributed by atoms with Crippen molar-refractivity contribution in [2.45, 2.75) is 55.0 Å². The molecule has 1 spiro atoms. The van der Waals surface area contributed by atoms with Crippen molar-refractivity contribution in [3.05, 3.63) is 36.2 Å². The van der Waals surface area contributed by atoms with Crippen LogP contribution < -0.4 is 0 Å². The number of aliphatic carboxylic acids is 1. The van der Waals surface area contributed by atoms with Gasteiger partial charge < -0.3 is 54.4 Å². The summed E-state index contributed by atoms with van der Waals surface area (Å²) in [4.78, 5) is 64.7. The van der Waals surface area contributed by atoms with Crippen LogP contribution in [0.4, 0.5) is 0 Å². The van der Waals surface area contributed by atoms with Crippen molar-refractivity contribution < 1.29 is 95.2 Å². The van der Waals surface area contributed by atoms with Crippen LogP contribution in [0.25, 0.3) is 17.0 Å². The number of aromatic nitrogens is 5. The van der Waals surface area contributed by atoms with E-state index in [0.29, 0.717) is 5.70 Å². The second-order valence-electron chi connectivity index (χ2n) is 11.1. The highest BCUT2D eigenvalue weighted by molar-refractivity contribution is 7.61. The highest BCUT2D eigenvalue weighted by Gasteiger charge is 2.72. The van der Waals surface area contributed by atoms with Crippen LogP contribution in [-0.4, -0.2) is 131 Å². The van der Waals surface area contributed by atoms with Crippen LogP contribution in [-0.2, 0) is 45.8 Å². The van der Waals surface area contributed by atoms with Gasteiger partial charge >= 0.3 is 29.4 Å². The number of carboxylic acids is 1. The maximum Gasteiger partial charge on any atom is 0.481 e. The fourth-order valence-electron chi connectivity index (χ4n) is 5.71. The zero-order valence-corrected chi connectivity index (χ0v) is 27.2. The van der Waals surface area contributed by atoms with E-state index < -0.39 is 91.2 Å². The molecule has 0 aliphatic carbocycles. The molecule has 3 aromatic rings. The summed E-state index contributed by atoms with van der Waals surface area (Å²) in [6.45, 7) is -2.07. The number of carboxylic acid groups (broad SMARTS) is 1. The first kappa shape index (κ1) is 35.3. The largest absolute Gasteiger partial charge is 0.481 e. The van der Waals surface area contributed by atoms with Gasteiger partial charge in [-0.2, -0.15) is 4.31 Å². The summed E-state index contributed by atoms with van der Waals surface area (Å²) in [5.74, 6) is -1.19. The van der Waals surface area contributed by atoms with Crippen LogP contribution in [0, 0.1) is 0 Å². The van der Waals surface area contributed by atoms with Crippen LogP contribution >= 0.6 is 23.5 Å². The predicted molar refractivity (Wildman–Crippen MR) is 149 cm³/mol. The summed E-state index contributed by atoms with van der Waals surface area (Å²) >= 11 is 0. The van der Waals surface area contributed by atoms with Gasteiger partial charge in [-0.1, -0.05) is 6.08 Å². The van der Waals surface area contributed by atoms with Crippen molar-refractivity contribution in [1.29, 1.82) is 0 Å². The maximum absolute atomic E-state index is 12.6. The number of phosphoric acid groups is 3. The van der Waals surface area contributed by atoms with Gasteiger partial charge in [-0.25, -0.2) is 33.4 Å². The number of rotatable bonds is 13. The lowest BCUT2D eigenvalue weighted by molar-refractivity contribution is -0.132. The molecule has 274 valence electrons. The van der Waals surface area contributed by atoms with Gasteiger partial charge in [0.2, 0.25) is 11.5 Å². The van der Waals surface area contributed by atoms with Crippen molar-refractivity contribution in [2.75, 3.05) is 13.2 Å². The molecule has 4 aliphatic rings. The highest BCUT2D eigenvalue weighted by Crippen LogP contribution is 2.62. The van der Waals surface area contributed by atoms with Crippen LogP contribution in [0.2, 0.25) is 0 Å². The first-order valence-electron chi connectivity index (χ1n) is 13.9. The molecule has 0 radical (unpaired) electrons. The molecule has 0 aromatic carbocycles. The fraction of sp³-hybridized carbons (Fsp3) is 0.524. The number of aliphatic hydroxyl groups excluding tert-OH is 3. The molecule has 2 unspecified atom stereocenters. The second kappa shape index (κ2) is 12.2. The number of hydrogen-bond donors (Lipinski definition) is 8. The fourth-order valence-corrected chi connectivity index (χ4v) is 8.35. The van der Waals surface area contributed by atoms with Crippen molar-refractivity contribution in [1.82, 2.24) is 29.3 Å². The lowest BCUT2D eigenvalue weighted by Crippen LogP contribution is -2.36. The van der Waals surface area contributed by atoms with E-state index in [4.69, 9.17) is 23.0 Å². The first-order valence-corrected chi connectivity index (χ1v) is 18.5. The molecular weight excluding hydrogens is 749 g/mol. The highest BCUT2D eigenvalue weighted by atomic mass is 31.3. The third kappa shape index (κ3) is 6.43. The molecule has 26 nitrogen and oxygen atoms in total. The third-order valence-electron chi connectivity index (χ3n) is 7.96. The Hall–Kier alpha value is -3.13. The zero-order valence-electron chi connectivity index (χ0n) is 24.5. The summed E-state index contributed by atoms with van der Waals surface area (Å²) in [5, 5.41) is 41.1. The van der Waals surface area contributed by atoms with Gasteiger partial charge in [0.1, 0.15) is 43.0 Å². The molecule has 0 amide bonds. The topological polar surface area (TPSA) is 363 Å². The smallest absolute Gasteiger partial charge is 0.478 e. The number of aliphatic hydroxyl groups is 3. The average molecular weight is 774 g/mol. The zero-order chi connectivity index (χ0) is 36.0. The Bertz CT molecular complexity index is 2010. The Kier molecular flexibility index (Phi) is 8.64. The van der Waals surface area contributed by atoms with E-state index in [9.17, 15) is 58.5 Å². The molecule has 10 atom stereocenters. The Labute approximate surface area is 275 Å². The Morgan fingerprint density at radius 2 is 1.66 bits per heavy atom. The molecule has 7 heterocycles. The predicted octanol–water partition coefficient (Wildman–Crippen LogP) is -1.82. The number of hydrogen-bond acceptors (Lipinski definition) is 19. The minimum atomic E-state index is -5.55. The Balaban J connectivity index is 0.988. The maximum atomic E-state index is 12.6. The number of phosphoric ester groups is 3. The van der Waals surface area contributed by atoms with Crippen LogP contribution in [0.3, 0.4) is 0 Å². The van der Waals surface area contributed by atoms with Crippen LogP contribution in [0.15, 0.2) is 45.6 Å². The summed E-state index contributed by atoms with van der Waals surface area (Å²) < 4.78 is 76.9. The van der Waals surface area contributed by atoms with E-state index in [0.717, 1.165) is 22.1 Å². The summed E-state index contributed by atoms with van der Waals surface area (Å²) in [6.07, 6.45) is -7.22. The van der Waals surface area contributed by atoms with E-state index in [2.05, 4.69) is 28.6 Å². The number of allylic oxidation sites excluding steroid dienone is 1. The number of ether oxygens (including phenoxy) is 2. The van der Waals surface area contributed by atoms with Crippen molar-refractivity contribution in [3.8, 4) is 5.82 Å². The van der Waals surface area contributed by atoms with Gasteiger partial charge in [0, 0.05) is 12.6 Å². The number of carbonyl (C=O) groups is 1. The molecule has 3 saturated heterocycles. The van der Waals surface area contributed by atoms with E-state index in [-0.39, 0.29) is 29.0 Å². The van der Waals surface area contributed by atoms with Gasteiger partial charge in [-0.15, -0.1) is 9.36 Å². The first-order chi connectivity index (χ1) is 23.4. The van der Waals surface area contributed by atoms with Crippen molar-refractivity contribution in [2.24, 2.45) is 0 Å². The molecule has 0 saturated carbocycles. The average Bonchev–Trinajstić information content (AvgIpc) is 3.89. The van der Waals surface area contributed by atoms with Crippen molar-refractivity contribution >= 4 is 40.6 Å². The quantitative estimate of drug-likeness (QED) is 0.0538. The molecule has 29 heteroatoms. The molecule has 50 heavy (non-hydrogen) atoms. The molecule has 3 fully saturated rings. The number of imidazole rings is 1. The monoisotopic (exact) mass is 774 g/mol. The Morgan fingerprint density at radius 1 is 0.980 bits per heavy atom. The molecular formula is C21H25N6O20P3. The van der Waals surface area contributed by atoms with E-state index >= 15 is 0 Å². The molecule has 7 rings (SSSR count). The second-order valence-corrected chi connectivity index (χ2v) is 15.3. The lowest BCUT2D eigenvalue weighted by Gasteiger charge is -2.22. The molecule has 8 N–H and O–H groups in total. The molecule has 4 aliphatic heterocycles. The van der Waals surface area contributed by atoms with E-state index in [1.807, 2.05) is 0 Å². The van der Waals surface area contributed by atoms with Gasteiger partial charge in [0.15, 0.2) is 17.4 Å². The van der Waals surface area contributed by atoms with Gasteiger partial charge in [-0.05, 0) is 0 Å². The minimum absolute atomic E-state index is 0.00339. The van der Waals surface area contributed by atoms with Crippen molar-refractivity contribution in [3.63, 3.8) is 0 Å². The standard InChI is InChI=1S/C21H25N6O20P3/c28-13-9(42-19(15(13)44-48(33,34)35)25-7-24-12-17(25)22-6-23-18(12)27-45-46-27)4-40-49(36,37)47-50(38,39)41-5-10-14(29)16(30)21(43-10)11-2-1-8(20(31)32)3-26(11)21/h2-3,6-7,9-10,13-16,19,28-30H,1,4-5H2,(H,31,32)(H,36,37)(H,38,39)(H2,33,34,35)/t9-,10-,13-,14-,15-,16-,19+,21-,26?/m1/s1. The third-order valence-corrected chi connectivity index (χ3v) is 11.1. The SMILES string of the molecule is O=C(O)C1=CN2C(=CC1)[C@]21O[C@H](COP(=O)(O)OP(=O)(O)OC[C@H]2O[C@H](n3cnc4c(-n5oo5)ncnc43)[C@H](OP(=O)(O)O)[C@@H]2O)[C@@H](O)[C@H]1O. The summed E-state index contributed by atoms with van der Waals surface area (Å²) in [5.41, 5.74) is -1.32. The number of fused-ring (bicyclic) bond motifs is 4. The van der Waals surface area contributed by atoms with Crippen LogP contribution in [0.5, 0.6) is 0 Å². The minimum Gasteiger partial charge on any atom is -0.478 e. The molecule has 3 aromatic heterocycles. The Morgan fingerprint density at radius 3 is 2.30 bits per heavy atom. The number of nitrogens with zero attached hydrogens (tertiary/aromatic N) is 6. The normalized spacial score (nSPS) is 33.3. The van der Waals surface area contributed by atoms with Gasteiger partial charge in [0.05, 0.1) is 35.7 Å². The van der Waals surface area contributed by atoms with E-state index in [1.165, 1.54) is 17.2 Å². The van der Waals surface area contributed by atoms with E-state index in [1.54, 1.807) is 0 Å². The summed E-state index contributed by atoms with van der Waals surface area (Å²) in [7, 11) is -16.4. The lowest BCUT2D eigenvalue weighted by atomic mass is 10.1. The van der Waals surface area contributed by atoms with Crippen LogP contribution in [0.1, 0.15) is 12.6 Å². The summed E-state index contributed by atoms with van der Waals surface area (Å²) in [6, 6.07) is 0. The molecule has 0 bridgehead atoms.